The van der Waals surface area contributed by atoms with Gasteiger partial charge >= 0.3 is 5.97 Å². The van der Waals surface area contributed by atoms with Gasteiger partial charge in [0, 0.05) is 17.8 Å². The molecule has 0 unspecified atom stereocenters. The minimum atomic E-state index is -0.994. The van der Waals surface area contributed by atoms with E-state index in [0.717, 1.165) is 0 Å². The lowest BCUT2D eigenvalue weighted by Gasteiger charge is -2.18. The van der Waals surface area contributed by atoms with Gasteiger partial charge in [-0.25, -0.2) is 4.79 Å². The van der Waals surface area contributed by atoms with E-state index in [9.17, 15) is 9.90 Å². The Morgan fingerprint density at radius 1 is 1.29 bits per heavy atom. The number of carboxylic acids is 1. The summed E-state index contributed by atoms with van der Waals surface area (Å²) in [5.74, 6) is 0.297. The molecule has 0 saturated carbocycles. The second kappa shape index (κ2) is 5.12. The van der Waals surface area contributed by atoms with Crippen LogP contribution in [0.3, 0.4) is 0 Å². The Morgan fingerprint density at radius 3 is 2.67 bits per heavy atom. The highest BCUT2D eigenvalue weighted by Gasteiger charge is 2.20. The highest BCUT2D eigenvalue weighted by molar-refractivity contribution is 5.94. The molecule has 1 aliphatic heterocycles. The standard InChI is InChI=1S/C15H16N2O4/c1-9(2)17-8-11(15(18)19)14(16-17)10-3-4-12-13(7-10)21-6-5-20-12/h3-4,7-9H,5-6H2,1-2H3,(H,18,19). The van der Waals surface area contributed by atoms with Gasteiger partial charge in [0.15, 0.2) is 11.5 Å². The summed E-state index contributed by atoms with van der Waals surface area (Å²) in [5.41, 5.74) is 1.32. The van der Waals surface area contributed by atoms with Crippen molar-refractivity contribution in [2.24, 2.45) is 0 Å². The Balaban J connectivity index is 2.09. The fourth-order valence-electron chi connectivity index (χ4n) is 2.22. The monoisotopic (exact) mass is 288 g/mol. The van der Waals surface area contributed by atoms with Crippen molar-refractivity contribution in [3.63, 3.8) is 0 Å². The number of benzene rings is 1. The maximum absolute atomic E-state index is 11.4. The summed E-state index contributed by atoms with van der Waals surface area (Å²) in [4.78, 5) is 11.4. The van der Waals surface area contributed by atoms with E-state index < -0.39 is 5.97 Å². The van der Waals surface area contributed by atoms with Gasteiger partial charge < -0.3 is 14.6 Å². The molecule has 0 amide bonds. The Hall–Kier alpha value is -2.50. The minimum absolute atomic E-state index is 0.0917. The zero-order valence-corrected chi connectivity index (χ0v) is 11.9. The Kier molecular flexibility index (Phi) is 3.29. The number of carbonyl (C=O) groups is 1. The SMILES string of the molecule is CC(C)n1cc(C(=O)O)c(-c2ccc3c(c2)OCCO3)n1. The molecule has 1 N–H and O–H groups in total. The zero-order valence-electron chi connectivity index (χ0n) is 11.9. The van der Waals surface area contributed by atoms with E-state index in [1.54, 1.807) is 29.1 Å². The van der Waals surface area contributed by atoms with Crippen molar-refractivity contribution in [1.82, 2.24) is 9.78 Å². The van der Waals surface area contributed by atoms with Crippen molar-refractivity contribution in [3.8, 4) is 22.8 Å². The predicted molar refractivity (Wildman–Crippen MR) is 76.0 cm³/mol. The Labute approximate surface area is 121 Å². The van der Waals surface area contributed by atoms with E-state index in [4.69, 9.17) is 9.47 Å². The summed E-state index contributed by atoms with van der Waals surface area (Å²) in [6, 6.07) is 5.44. The van der Waals surface area contributed by atoms with Gasteiger partial charge in [-0.15, -0.1) is 0 Å². The molecule has 0 fully saturated rings. The normalized spacial score (nSPS) is 13.5. The van der Waals surface area contributed by atoms with Crippen LogP contribution in [0.1, 0.15) is 30.2 Å². The first kappa shape index (κ1) is 13.5. The van der Waals surface area contributed by atoms with Crippen LogP contribution >= 0.6 is 0 Å². The van der Waals surface area contributed by atoms with Crippen molar-refractivity contribution >= 4 is 5.97 Å². The van der Waals surface area contributed by atoms with Crippen LogP contribution in [-0.2, 0) is 0 Å². The number of hydrogen-bond acceptors (Lipinski definition) is 4. The molecular weight excluding hydrogens is 272 g/mol. The van der Waals surface area contributed by atoms with Gasteiger partial charge in [-0.05, 0) is 32.0 Å². The van der Waals surface area contributed by atoms with Crippen LogP contribution in [0, 0.1) is 0 Å². The number of ether oxygens (including phenoxy) is 2. The van der Waals surface area contributed by atoms with E-state index in [2.05, 4.69) is 5.10 Å². The Bertz CT molecular complexity index is 691. The van der Waals surface area contributed by atoms with Gasteiger partial charge in [0.1, 0.15) is 24.5 Å². The van der Waals surface area contributed by atoms with Gasteiger partial charge in [-0.3, -0.25) is 4.68 Å². The molecule has 0 aliphatic carbocycles. The largest absolute Gasteiger partial charge is 0.486 e. The molecule has 2 aromatic rings. The Morgan fingerprint density at radius 2 is 2.00 bits per heavy atom. The molecule has 0 atom stereocenters. The second-order valence-corrected chi connectivity index (χ2v) is 5.13. The summed E-state index contributed by atoms with van der Waals surface area (Å²) in [5, 5.41) is 13.7. The third-order valence-electron chi connectivity index (χ3n) is 3.31. The van der Waals surface area contributed by atoms with E-state index in [-0.39, 0.29) is 11.6 Å². The summed E-state index contributed by atoms with van der Waals surface area (Å²) < 4.78 is 12.7. The minimum Gasteiger partial charge on any atom is -0.486 e. The van der Waals surface area contributed by atoms with Crippen LogP contribution in [0.25, 0.3) is 11.3 Å². The third-order valence-corrected chi connectivity index (χ3v) is 3.31. The average Bonchev–Trinajstić information content (AvgIpc) is 2.92. The van der Waals surface area contributed by atoms with Crippen LogP contribution < -0.4 is 9.47 Å². The molecule has 1 aromatic carbocycles. The molecule has 0 radical (unpaired) electrons. The van der Waals surface area contributed by atoms with Crippen molar-refractivity contribution in [3.05, 3.63) is 30.0 Å². The van der Waals surface area contributed by atoms with Gasteiger partial charge in [0.05, 0.1) is 0 Å². The van der Waals surface area contributed by atoms with Crippen LogP contribution in [0.15, 0.2) is 24.4 Å². The lowest BCUT2D eigenvalue weighted by molar-refractivity contribution is 0.0697. The first-order valence-corrected chi connectivity index (χ1v) is 6.78. The van der Waals surface area contributed by atoms with Gasteiger partial charge in [-0.2, -0.15) is 5.10 Å². The topological polar surface area (TPSA) is 73.6 Å². The molecule has 3 rings (SSSR count). The number of nitrogens with zero attached hydrogens (tertiary/aromatic N) is 2. The maximum Gasteiger partial charge on any atom is 0.339 e. The van der Waals surface area contributed by atoms with Gasteiger partial charge in [-0.1, -0.05) is 0 Å². The molecule has 1 aliphatic rings. The number of aromatic nitrogens is 2. The van der Waals surface area contributed by atoms with Gasteiger partial charge in [0.2, 0.25) is 0 Å². The van der Waals surface area contributed by atoms with Crippen LogP contribution in [0.2, 0.25) is 0 Å². The first-order chi connectivity index (χ1) is 10.1. The van der Waals surface area contributed by atoms with E-state index >= 15 is 0 Å². The highest BCUT2D eigenvalue weighted by Crippen LogP contribution is 2.35. The summed E-state index contributed by atoms with van der Waals surface area (Å²) in [7, 11) is 0. The van der Waals surface area contributed by atoms with Gasteiger partial charge in [0.25, 0.3) is 0 Å². The molecular formula is C15H16N2O4. The molecule has 0 bridgehead atoms. The second-order valence-electron chi connectivity index (χ2n) is 5.13. The summed E-state index contributed by atoms with van der Waals surface area (Å²) in [6.07, 6.45) is 1.55. The molecule has 1 aromatic heterocycles. The van der Waals surface area contributed by atoms with E-state index in [1.807, 2.05) is 13.8 Å². The molecule has 21 heavy (non-hydrogen) atoms. The molecule has 6 heteroatoms. The predicted octanol–water partition coefficient (Wildman–Crippen LogP) is 2.60. The van der Waals surface area contributed by atoms with Crippen molar-refractivity contribution in [2.75, 3.05) is 13.2 Å². The number of aromatic carboxylic acids is 1. The van der Waals surface area contributed by atoms with Crippen LogP contribution in [-0.4, -0.2) is 34.1 Å². The third kappa shape index (κ3) is 2.44. The van der Waals surface area contributed by atoms with E-state index in [0.29, 0.717) is 36.0 Å². The molecule has 0 saturated heterocycles. The molecule has 2 heterocycles. The van der Waals surface area contributed by atoms with Crippen LogP contribution in [0.4, 0.5) is 0 Å². The summed E-state index contributed by atoms with van der Waals surface area (Å²) >= 11 is 0. The number of carboxylic acid groups (broad SMARTS) is 1. The lowest BCUT2D eigenvalue weighted by atomic mass is 10.1. The lowest BCUT2D eigenvalue weighted by Crippen LogP contribution is -2.15. The van der Waals surface area contributed by atoms with Crippen molar-refractivity contribution < 1.29 is 19.4 Å². The van der Waals surface area contributed by atoms with Crippen molar-refractivity contribution in [1.29, 1.82) is 0 Å². The quantitative estimate of drug-likeness (QED) is 0.939. The number of fused-ring (bicyclic) bond motifs is 1. The smallest absolute Gasteiger partial charge is 0.339 e. The maximum atomic E-state index is 11.4. The number of hydrogen-bond donors (Lipinski definition) is 1. The summed E-state index contributed by atoms with van der Waals surface area (Å²) in [6.45, 7) is 4.91. The number of rotatable bonds is 3. The molecule has 110 valence electrons. The fourth-order valence-corrected chi connectivity index (χ4v) is 2.22. The van der Waals surface area contributed by atoms with Crippen molar-refractivity contribution in [2.45, 2.75) is 19.9 Å². The zero-order chi connectivity index (χ0) is 15.0. The van der Waals surface area contributed by atoms with Crippen LogP contribution in [0.5, 0.6) is 11.5 Å². The molecule has 0 spiro atoms. The highest BCUT2D eigenvalue weighted by atomic mass is 16.6. The first-order valence-electron chi connectivity index (χ1n) is 6.78. The van der Waals surface area contributed by atoms with E-state index in [1.165, 1.54) is 0 Å². The molecule has 6 nitrogen and oxygen atoms in total. The fraction of sp³-hybridized carbons (Fsp3) is 0.333. The average molecular weight is 288 g/mol.